The van der Waals surface area contributed by atoms with E-state index in [1.54, 1.807) is 13.3 Å². The molecule has 0 radical (unpaired) electrons. The lowest BCUT2D eigenvalue weighted by atomic mass is 10.0. The number of aliphatic hydroxyl groups excluding tert-OH is 1. The molecule has 3 aromatic rings. The molecule has 2 N–H and O–H groups in total. The SMILES string of the molecule is COc1cc2cc(c1)Cc1nccc(n1)-c1ccc(cc1)CN(C)CCCC(=O)[C@H](CO)NC2. The van der Waals surface area contributed by atoms with Crippen LogP contribution in [0.3, 0.4) is 0 Å². The van der Waals surface area contributed by atoms with Crippen LogP contribution in [0.25, 0.3) is 11.3 Å². The Labute approximate surface area is 200 Å². The summed E-state index contributed by atoms with van der Waals surface area (Å²) < 4.78 is 5.50. The fourth-order valence-electron chi connectivity index (χ4n) is 4.27. The van der Waals surface area contributed by atoms with Crippen molar-refractivity contribution in [2.45, 2.75) is 38.4 Å². The highest BCUT2D eigenvalue weighted by molar-refractivity contribution is 5.84. The summed E-state index contributed by atoms with van der Waals surface area (Å²) in [5.41, 5.74) is 5.16. The minimum Gasteiger partial charge on any atom is -0.497 e. The number of ether oxygens (including phenoxy) is 1. The second-order valence-electron chi connectivity index (χ2n) is 8.84. The van der Waals surface area contributed by atoms with Crippen molar-refractivity contribution in [3.05, 3.63) is 77.2 Å². The molecule has 2 aliphatic rings. The van der Waals surface area contributed by atoms with Gasteiger partial charge in [0.1, 0.15) is 11.6 Å². The van der Waals surface area contributed by atoms with Gasteiger partial charge in [0.25, 0.3) is 0 Å². The number of aliphatic hydroxyl groups is 1. The van der Waals surface area contributed by atoms with Crippen LogP contribution in [-0.4, -0.2) is 59.1 Å². The number of nitrogens with zero attached hydrogens (tertiary/aromatic N) is 3. The lowest BCUT2D eigenvalue weighted by Crippen LogP contribution is -2.39. The van der Waals surface area contributed by atoms with Crippen LogP contribution in [0, 0.1) is 0 Å². The summed E-state index contributed by atoms with van der Waals surface area (Å²) in [7, 11) is 3.70. The van der Waals surface area contributed by atoms with E-state index >= 15 is 0 Å². The highest BCUT2D eigenvalue weighted by Crippen LogP contribution is 2.22. The molecule has 7 nitrogen and oxygen atoms in total. The van der Waals surface area contributed by atoms with Crippen LogP contribution in [0.4, 0.5) is 0 Å². The highest BCUT2D eigenvalue weighted by Gasteiger charge is 2.17. The van der Waals surface area contributed by atoms with Gasteiger partial charge in [0.05, 0.1) is 25.5 Å². The quantitative estimate of drug-likeness (QED) is 0.608. The normalized spacial score (nSPS) is 18.0. The smallest absolute Gasteiger partial charge is 0.152 e. The standard InChI is InChI=1S/C27H32N4O3/c1-31-11-3-4-26(33)25(18-32)29-16-21-12-20(13-23(14-21)34-2)15-27-28-10-9-24(30-27)22-7-5-19(17-31)6-8-22/h5-10,12-14,25,29,32H,3-4,11,15-18H2,1-2H3/t25-/m0/s1. The zero-order valence-electron chi connectivity index (χ0n) is 19.8. The molecule has 2 aromatic carbocycles. The maximum atomic E-state index is 12.7. The third-order valence-corrected chi connectivity index (χ3v) is 6.12. The summed E-state index contributed by atoms with van der Waals surface area (Å²) in [6, 6.07) is 15.8. The van der Waals surface area contributed by atoms with E-state index in [-0.39, 0.29) is 12.4 Å². The van der Waals surface area contributed by atoms with Gasteiger partial charge in [-0.3, -0.25) is 4.79 Å². The Kier molecular flexibility index (Phi) is 8.00. The third-order valence-electron chi connectivity index (χ3n) is 6.12. The molecule has 0 fully saturated rings. The van der Waals surface area contributed by atoms with Gasteiger partial charge in [-0.05, 0) is 54.9 Å². The van der Waals surface area contributed by atoms with Crippen LogP contribution in [0.5, 0.6) is 5.75 Å². The summed E-state index contributed by atoms with van der Waals surface area (Å²) in [5.74, 6) is 1.49. The number of benzene rings is 2. The van der Waals surface area contributed by atoms with E-state index in [2.05, 4.69) is 52.6 Å². The van der Waals surface area contributed by atoms with E-state index in [1.165, 1.54) is 5.56 Å². The molecule has 0 amide bonds. The maximum absolute atomic E-state index is 12.7. The molecule has 3 heterocycles. The highest BCUT2D eigenvalue weighted by atomic mass is 16.5. The van der Waals surface area contributed by atoms with E-state index in [0.717, 1.165) is 53.5 Å². The zero-order chi connectivity index (χ0) is 23.9. The van der Waals surface area contributed by atoms with Crippen molar-refractivity contribution in [2.75, 3.05) is 27.3 Å². The number of Topliss-reactive ketones (excluding diaryl/α,β-unsaturated/α-hetero) is 1. The minimum absolute atomic E-state index is 0.0305. The van der Waals surface area contributed by atoms with Crippen molar-refractivity contribution in [2.24, 2.45) is 0 Å². The topological polar surface area (TPSA) is 87.6 Å². The summed E-state index contributed by atoms with van der Waals surface area (Å²) in [4.78, 5) is 24.2. The van der Waals surface area contributed by atoms with E-state index in [0.29, 0.717) is 19.4 Å². The first-order chi connectivity index (χ1) is 16.5. The molecule has 7 heteroatoms. The van der Waals surface area contributed by atoms with Gasteiger partial charge in [-0.2, -0.15) is 0 Å². The van der Waals surface area contributed by atoms with Crippen LogP contribution in [-0.2, 0) is 24.3 Å². The van der Waals surface area contributed by atoms with Crippen molar-refractivity contribution in [3.63, 3.8) is 0 Å². The fourth-order valence-corrected chi connectivity index (χ4v) is 4.27. The summed E-state index contributed by atoms with van der Waals surface area (Å²) in [5, 5.41) is 13.0. The second-order valence-corrected chi connectivity index (χ2v) is 8.84. The number of methoxy groups -OCH3 is 1. The minimum atomic E-state index is -0.585. The van der Waals surface area contributed by atoms with Crippen LogP contribution >= 0.6 is 0 Å². The molecule has 178 valence electrons. The number of carbonyl (C=O) groups is 1. The largest absolute Gasteiger partial charge is 0.497 e. The zero-order valence-corrected chi connectivity index (χ0v) is 19.8. The van der Waals surface area contributed by atoms with Crippen LogP contribution in [0.2, 0.25) is 0 Å². The molecule has 0 saturated carbocycles. The molecule has 5 rings (SSSR count). The molecule has 0 aliphatic carbocycles. The lowest BCUT2D eigenvalue weighted by molar-refractivity contribution is -0.122. The molecule has 2 aliphatic heterocycles. The van der Waals surface area contributed by atoms with Crippen LogP contribution < -0.4 is 10.1 Å². The Balaban J connectivity index is 1.66. The Morgan fingerprint density at radius 3 is 2.68 bits per heavy atom. The number of rotatable bonds is 2. The van der Waals surface area contributed by atoms with Gasteiger partial charge in [-0.25, -0.2) is 9.97 Å². The second kappa shape index (κ2) is 11.3. The van der Waals surface area contributed by atoms with E-state index in [1.807, 2.05) is 18.2 Å². The predicted molar refractivity (Wildman–Crippen MR) is 132 cm³/mol. The van der Waals surface area contributed by atoms with E-state index in [4.69, 9.17) is 9.72 Å². The number of carbonyl (C=O) groups excluding carboxylic acids is 1. The van der Waals surface area contributed by atoms with Gasteiger partial charge in [-0.15, -0.1) is 0 Å². The number of aromatic nitrogens is 2. The van der Waals surface area contributed by atoms with Gasteiger partial charge < -0.3 is 20.1 Å². The van der Waals surface area contributed by atoms with Crippen LogP contribution in [0.1, 0.15) is 35.4 Å². The summed E-state index contributed by atoms with van der Waals surface area (Å²) in [6.45, 7) is 1.84. The Hall–Kier alpha value is -3.13. The Bertz CT molecular complexity index is 1120. The molecular weight excluding hydrogens is 428 g/mol. The first kappa shape index (κ1) is 24.0. The van der Waals surface area contributed by atoms with Gasteiger partial charge >= 0.3 is 0 Å². The monoisotopic (exact) mass is 460 g/mol. The van der Waals surface area contributed by atoms with E-state index < -0.39 is 6.04 Å². The molecular formula is C27H32N4O3. The molecule has 1 aromatic heterocycles. The summed E-state index contributed by atoms with van der Waals surface area (Å²) >= 11 is 0. The predicted octanol–water partition coefficient (Wildman–Crippen LogP) is 2.99. The van der Waals surface area contributed by atoms with Gasteiger partial charge in [0.15, 0.2) is 5.78 Å². The number of fused-ring (bicyclic) bond motifs is 10. The maximum Gasteiger partial charge on any atom is 0.152 e. The fraction of sp³-hybridized carbons (Fsp3) is 0.370. The van der Waals surface area contributed by atoms with Crippen molar-refractivity contribution in [1.82, 2.24) is 20.2 Å². The first-order valence-corrected chi connectivity index (χ1v) is 11.7. The Morgan fingerprint density at radius 2 is 1.91 bits per heavy atom. The van der Waals surface area contributed by atoms with Crippen molar-refractivity contribution in [3.8, 4) is 17.0 Å². The van der Waals surface area contributed by atoms with Crippen LogP contribution in [0.15, 0.2) is 54.7 Å². The summed E-state index contributed by atoms with van der Waals surface area (Å²) in [6.07, 6.45) is 3.53. The van der Waals surface area contributed by atoms with Gasteiger partial charge in [-0.1, -0.05) is 30.3 Å². The number of hydrogen-bond acceptors (Lipinski definition) is 7. The van der Waals surface area contributed by atoms with Gasteiger partial charge in [0, 0.05) is 37.7 Å². The number of hydrogen-bond donors (Lipinski definition) is 2. The molecule has 34 heavy (non-hydrogen) atoms. The third kappa shape index (κ3) is 6.26. The molecule has 0 unspecified atom stereocenters. The molecule has 1 atom stereocenters. The number of ketones is 1. The van der Waals surface area contributed by atoms with Crippen molar-refractivity contribution >= 4 is 5.78 Å². The first-order valence-electron chi connectivity index (χ1n) is 11.7. The average Bonchev–Trinajstić information content (AvgIpc) is 2.84. The lowest BCUT2D eigenvalue weighted by Gasteiger charge is -2.19. The molecule has 0 saturated heterocycles. The van der Waals surface area contributed by atoms with Crippen molar-refractivity contribution in [1.29, 1.82) is 0 Å². The number of nitrogens with one attached hydrogen (secondary N) is 1. The molecule has 6 bridgehead atoms. The Morgan fingerprint density at radius 1 is 1.12 bits per heavy atom. The van der Waals surface area contributed by atoms with Crippen molar-refractivity contribution < 1.29 is 14.6 Å². The molecule has 0 spiro atoms. The average molecular weight is 461 g/mol. The van der Waals surface area contributed by atoms with E-state index in [9.17, 15) is 9.90 Å². The van der Waals surface area contributed by atoms with Gasteiger partial charge in [0.2, 0.25) is 0 Å².